The van der Waals surface area contributed by atoms with E-state index in [-0.39, 0.29) is 11.7 Å². The first-order valence-electron chi connectivity index (χ1n) is 3.03. The van der Waals surface area contributed by atoms with Gasteiger partial charge < -0.3 is 4.79 Å². The molecule has 2 nitrogen and oxygen atoms in total. The van der Waals surface area contributed by atoms with Crippen LogP contribution in [0.15, 0.2) is 0 Å². The molecule has 0 spiro atoms. The molecular formula is C7H11NO. The molecule has 0 radical (unpaired) electrons. The van der Waals surface area contributed by atoms with Crippen LogP contribution in [0.25, 0.3) is 0 Å². The molecule has 9 heavy (non-hydrogen) atoms. The largest absolute Gasteiger partial charge is 0.300 e. The third kappa shape index (κ3) is 5.02. The molecule has 0 aromatic rings. The molecule has 0 aliphatic carbocycles. The standard InChI is InChI=1S/C7H11NO/c1-6(3-4-8)5-7(2)9/h6H,3,5H2,1-2H3. The van der Waals surface area contributed by atoms with Crippen molar-refractivity contribution in [3.05, 3.63) is 0 Å². The van der Waals surface area contributed by atoms with E-state index >= 15 is 0 Å². The van der Waals surface area contributed by atoms with Crippen molar-refractivity contribution in [1.82, 2.24) is 0 Å². The second-order valence-corrected chi connectivity index (χ2v) is 2.37. The van der Waals surface area contributed by atoms with E-state index in [1.165, 1.54) is 0 Å². The number of carbonyl (C=O) groups is 1. The zero-order valence-electron chi connectivity index (χ0n) is 5.85. The molecule has 0 heterocycles. The Bertz CT molecular complexity index is 134. The number of nitriles is 1. The minimum atomic E-state index is 0.165. The average molecular weight is 125 g/mol. The zero-order chi connectivity index (χ0) is 7.28. The molecule has 0 aromatic carbocycles. The molecule has 0 saturated carbocycles. The van der Waals surface area contributed by atoms with Gasteiger partial charge in [0.15, 0.2) is 0 Å². The van der Waals surface area contributed by atoms with Crippen LogP contribution in [-0.2, 0) is 4.79 Å². The molecule has 50 valence electrons. The third-order valence-corrected chi connectivity index (χ3v) is 1.08. The van der Waals surface area contributed by atoms with E-state index < -0.39 is 0 Å². The van der Waals surface area contributed by atoms with E-state index in [2.05, 4.69) is 0 Å². The lowest BCUT2D eigenvalue weighted by Crippen LogP contribution is -1.99. The van der Waals surface area contributed by atoms with Gasteiger partial charge in [-0.2, -0.15) is 5.26 Å². The van der Waals surface area contributed by atoms with Gasteiger partial charge >= 0.3 is 0 Å². The highest BCUT2D eigenvalue weighted by Gasteiger charge is 2.02. The topological polar surface area (TPSA) is 40.9 Å². The maximum Gasteiger partial charge on any atom is 0.130 e. The summed E-state index contributed by atoms with van der Waals surface area (Å²) < 4.78 is 0. The van der Waals surface area contributed by atoms with E-state index in [1.807, 2.05) is 13.0 Å². The SMILES string of the molecule is CC(=O)CC(C)CC#N. The molecule has 0 aliphatic rings. The van der Waals surface area contributed by atoms with E-state index in [9.17, 15) is 4.79 Å². The molecule has 0 amide bonds. The highest BCUT2D eigenvalue weighted by atomic mass is 16.1. The fourth-order valence-corrected chi connectivity index (χ4v) is 0.719. The normalized spacial score (nSPS) is 12.1. The lowest BCUT2D eigenvalue weighted by molar-refractivity contribution is -0.117. The smallest absolute Gasteiger partial charge is 0.130 e. The molecule has 0 rings (SSSR count). The van der Waals surface area contributed by atoms with Gasteiger partial charge in [0.2, 0.25) is 0 Å². The Hall–Kier alpha value is -0.840. The first-order chi connectivity index (χ1) is 4.16. The van der Waals surface area contributed by atoms with Crippen LogP contribution in [0.4, 0.5) is 0 Å². The third-order valence-electron chi connectivity index (χ3n) is 1.08. The number of carbonyl (C=O) groups excluding carboxylic acids is 1. The molecule has 1 unspecified atom stereocenters. The van der Waals surface area contributed by atoms with Gasteiger partial charge in [-0.3, -0.25) is 0 Å². The summed E-state index contributed by atoms with van der Waals surface area (Å²) >= 11 is 0. The minimum Gasteiger partial charge on any atom is -0.300 e. The van der Waals surface area contributed by atoms with Gasteiger partial charge in [0.25, 0.3) is 0 Å². The summed E-state index contributed by atoms with van der Waals surface area (Å²) in [6.45, 7) is 3.46. The Labute approximate surface area is 55.5 Å². The van der Waals surface area contributed by atoms with Crippen molar-refractivity contribution in [1.29, 1.82) is 5.26 Å². The van der Waals surface area contributed by atoms with Crippen molar-refractivity contribution in [2.24, 2.45) is 5.92 Å². The highest BCUT2D eigenvalue weighted by molar-refractivity contribution is 5.75. The Balaban J connectivity index is 3.40. The van der Waals surface area contributed by atoms with Gasteiger partial charge in [0.05, 0.1) is 6.07 Å². The highest BCUT2D eigenvalue weighted by Crippen LogP contribution is 2.05. The molecule has 0 N–H and O–H groups in total. The summed E-state index contributed by atoms with van der Waals surface area (Å²) in [4.78, 5) is 10.4. The molecule has 2 heteroatoms. The molecular weight excluding hydrogens is 114 g/mol. The Kier molecular flexibility index (Phi) is 3.70. The van der Waals surface area contributed by atoms with Gasteiger partial charge in [-0.25, -0.2) is 0 Å². The summed E-state index contributed by atoms with van der Waals surface area (Å²) in [6, 6.07) is 2.02. The van der Waals surface area contributed by atoms with E-state index in [4.69, 9.17) is 5.26 Å². The summed E-state index contributed by atoms with van der Waals surface area (Å²) in [5.74, 6) is 0.394. The van der Waals surface area contributed by atoms with Crippen LogP contribution < -0.4 is 0 Å². The van der Waals surface area contributed by atoms with Crippen molar-refractivity contribution in [3.8, 4) is 6.07 Å². The molecule has 0 fully saturated rings. The maximum atomic E-state index is 10.4. The fraction of sp³-hybridized carbons (Fsp3) is 0.714. The van der Waals surface area contributed by atoms with Crippen LogP contribution in [0.2, 0.25) is 0 Å². The molecule has 0 saturated heterocycles. The van der Waals surface area contributed by atoms with E-state index in [0.717, 1.165) is 0 Å². The summed E-state index contributed by atoms with van der Waals surface area (Å²) in [5, 5.41) is 8.19. The lowest BCUT2D eigenvalue weighted by atomic mass is 10.0. The molecule has 0 bridgehead atoms. The van der Waals surface area contributed by atoms with Crippen LogP contribution in [0.3, 0.4) is 0 Å². The summed E-state index contributed by atoms with van der Waals surface area (Å²) in [6.07, 6.45) is 1.02. The van der Waals surface area contributed by atoms with Crippen LogP contribution in [-0.4, -0.2) is 5.78 Å². The predicted molar refractivity (Wildman–Crippen MR) is 34.7 cm³/mol. The van der Waals surface area contributed by atoms with Gasteiger partial charge in [0.1, 0.15) is 5.78 Å². The first kappa shape index (κ1) is 8.16. The van der Waals surface area contributed by atoms with Gasteiger partial charge in [-0.1, -0.05) is 6.92 Å². The van der Waals surface area contributed by atoms with Crippen LogP contribution in [0.1, 0.15) is 26.7 Å². The first-order valence-corrected chi connectivity index (χ1v) is 3.03. The Morgan fingerprint density at radius 1 is 1.78 bits per heavy atom. The summed E-state index contributed by atoms with van der Waals surface area (Å²) in [5.41, 5.74) is 0. The number of nitrogens with zero attached hydrogens (tertiary/aromatic N) is 1. The van der Waals surface area contributed by atoms with Gasteiger partial charge in [-0.05, 0) is 12.8 Å². The minimum absolute atomic E-state index is 0.165. The number of Topliss-reactive ketones (excluding diaryl/α,β-unsaturated/α-hetero) is 1. The quantitative estimate of drug-likeness (QED) is 0.573. The van der Waals surface area contributed by atoms with E-state index in [1.54, 1.807) is 6.92 Å². The second-order valence-electron chi connectivity index (χ2n) is 2.37. The maximum absolute atomic E-state index is 10.4. The van der Waals surface area contributed by atoms with Gasteiger partial charge in [0, 0.05) is 12.8 Å². The van der Waals surface area contributed by atoms with Crippen LogP contribution in [0.5, 0.6) is 0 Å². The van der Waals surface area contributed by atoms with Crippen molar-refractivity contribution in [3.63, 3.8) is 0 Å². The number of ketones is 1. The van der Waals surface area contributed by atoms with Crippen molar-refractivity contribution < 1.29 is 4.79 Å². The van der Waals surface area contributed by atoms with Crippen molar-refractivity contribution in [2.75, 3.05) is 0 Å². The second kappa shape index (κ2) is 4.08. The summed E-state index contributed by atoms with van der Waals surface area (Å²) in [7, 11) is 0. The average Bonchev–Trinajstić information content (AvgIpc) is 1.63. The molecule has 0 aromatic heterocycles. The van der Waals surface area contributed by atoms with E-state index in [0.29, 0.717) is 12.8 Å². The van der Waals surface area contributed by atoms with Crippen molar-refractivity contribution in [2.45, 2.75) is 26.7 Å². The zero-order valence-corrected chi connectivity index (χ0v) is 5.85. The Morgan fingerprint density at radius 3 is 2.67 bits per heavy atom. The number of rotatable bonds is 3. The monoisotopic (exact) mass is 125 g/mol. The molecule has 0 aliphatic heterocycles. The lowest BCUT2D eigenvalue weighted by Gasteiger charge is -2.00. The van der Waals surface area contributed by atoms with Crippen LogP contribution in [0, 0.1) is 17.2 Å². The molecule has 1 atom stereocenters. The Morgan fingerprint density at radius 2 is 2.33 bits per heavy atom. The van der Waals surface area contributed by atoms with Crippen LogP contribution >= 0.6 is 0 Å². The fourth-order valence-electron chi connectivity index (χ4n) is 0.719. The number of hydrogen-bond acceptors (Lipinski definition) is 2. The van der Waals surface area contributed by atoms with Gasteiger partial charge in [-0.15, -0.1) is 0 Å². The number of hydrogen-bond donors (Lipinski definition) is 0. The van der Waals surface area contributed by atoms with Crippen molar-refractivity contribution >= 4 is 5.78 Å². The predicted octanol–water partition coefficient (Wildman–Crippen LogP) is 1.52.